The number of H-pyrrole nitrogens is 1. The van der Waals surface area contributed by atoms with Crippen molar-refractivity contribution in [3.05, 3.63) is 11.8 Å². The van der Waals surface area contributed by atoms with Crippen LogP contribution in [-0.4, -0.2) is 59.9 Å². The van der Waals surface area contributed by atoms with Gasteiger partial charge in [0, 0.05) is 44.5 Å². The Labute approximate surface area is 125 Å². The smallest absolute Gasteiger partial charge is 0.228 e. The second-order valence-electron chi connectivity index (χ2n) is 6.05. The van der Waals surface area contributed by atoms with Crippen LogP contribution in [0.4, 0.5) is 5.82 Å². The van der Waals surface area contributed by atoms with E-state index in [1.54, 1.807) is 0 Å². The monoisotopic (exact) mass is 292 g/mol. The lowest BCUT2D eigenvalue weighted by Gasteiger charge is -2.38. The molecule has 2 aliphatic rings. The molecule has 2 saturated heterocycles. The van der Waals surface area contributed by atoms with Crippen molar-refractivity contribution in [2.24, 2.45) is 5.92 Å². The Kier molecular flexibility index (Phi) is 4.14. The Morgan fingerprint density at radius 2 is 2.14 bits per heavy atom. The van der Waals surface area contributed by atoms with Crippen LogP contribution in [0.15, 0.2) is 6.07 Å². The van der Waals surface area contributed by atoms with Crippen LogP contribution in [0.25, 0.3) is 0 Å². The SMILES string of the molecule is Cc1cc(N2CCN(C(=O)[C@@H]3CCCO[C@@H]3C)CC2)n[nH]1. The van der Waals surface area contributed by atoms with Crippen LogP contribution in [0.5, 0.6) is 0 Å². The number of ether oxygens (including phenoxy) is 1. The first-order chi connectivity index (χ1) is 10.1. The highest BCUT2D eigenvalue weighted by atomic mass is 16.5. The molecule has 3 heterocycles. The van der Waals surface area contributed by atoms with Gasteiger partial charge in [0.15, 0.2) is 5.82 Å². The van der Waals surface area contributed by atoms with Crippen molar-refractivity contribution >= 4 is 11.7 Å². The average Bonchev–Trinajstić information content (AvgIpc) is 2.94. The number of carbonyl (C=O) groups is 1. The summed E-state index contributed by atoms with van der Waals surface area (Å²) in [6.07, 6.45) is 2.00. The lowest BCUT2D eigenvalue weighted by Crippen LogP contribution is -2.52. The number of aromatic amines is 1. The minimum Gasteiger partial charge on any atom is -0.378 e. The molecule has 0 radical (unpaired) electrons. The summed E-state index contributed by atoms with van der Waals surface area (Å²) in [7, 11) is 0. The van der Waals surface area contributed by atoms with E-state index in [-0.39, 0.29) is 17.9 Å². The average molecular weight is 292 g/mol. The number of aryl methyl sites for hydroxylation is 1. The van der Waals surface area contributed by atoms with Crippen molar-refractivity contribution in [3.63, 3.8) is 0 Å². The predicted molar refractivity (Wildman–Crippen MR) is 80.3 cm³/mol. The van der Waals surface area contributed by atoms with Crippen molar-refractivity contribution in [1.29, 1.82) is 0 Å². The first kappa shape index (κ1) is 14.4. The Hall–Kier alpha value is -1.56. The number of anilines is 1. The molecule has 116 valence electrons. The number of piperazine rings is 1. The van der Waals surface area contributed by atoms with E-state index in [0.717, 1.165) is 57.1 Å². The molecule has 21 heavy (non-hydrogen) atoms. The van der Waals surface area contributed by atoms with Crippen LogP contribution >= 0.6 is 0 Å². The zero-order valence-electron chi connectivity index (χ0n) is 12.8. The van der Waals surface area contributed by atoms with E-state index in [4.69, 9.17) is 4.74 Å². The van der Waals surface area contributed by atoms with Gasteiger partial charge in [0.05, 0.1) is 12.0 Å². The summed E-state index contributed by atoms with van der Waals surface area (Å²) in [5.74, 6) is 1.28. The second kappa shape index (κ2) is 6.05. The fourth-order valence-corrected chi connectivity index (χ4v) is 3.20. The summed E-state index contributed by atoms with van der Waals surface area (Å²) in [5.41, 5.74) is 1.07. The zero-order chi connectivity index (χ0) is 14.8. The molecule has 2 fully saturated rings. The summed E-state index contributed by atoms with van der Waals surface area (Å²) in [6.45, 7) is 8.04. The number of nitrogens with one attached hydrogen (secondary N) is 1. The van der Waals surface area contributed by atoms with Gasteiger partial charge < -0.3 is 14.5 Å². The number of nitrogens with zero attached hydrogens (tertiary/aromatic N) is 3. The van der Waals surface area contributed by atoms with E-state index < -0.39 is 0 Å². The van der Waals surface area contributed by atoms with Crippen LogP contribution in [0, 0.1) is 12.8 Å². The maximum absolute atomic E-state index is 12.6. The first-order valence-corrected chi connectivity index (χ1v) is 7.82. The molecule has 6 nitrogen and oxygen atoms in total. The number of carbonyl (C=O) groups excluding carboxylic acids is 1. The Bertz CT molecular complexity index is 494. The molecule has 0 spiro atoms. The first-order valence-electron chi connectivity index (χ1n) is 7.82. The highest BCUT2D eigenvalue weighted by molar-refractivity contribution is 5.79. The topological polar surface area (TPSA) is 61.5 Å². The Morgan fingerprint density at radius 1 is 1.38 bits per heavy atom. The van der Waals surface area contributed by atoms with E-state index in [0.29, 0.717) is 0 Å². The number of hydrogen-bond donors (Lipinski definition) is 1. The quantitative estimate of drug-likeness (QED) is 0.889. The molecule has 1 N–H and O–H groups in total. The minimum atomic E-state index is 0.0397. The molecule has 0 aliphatic carbocycles. The molecular formula is C15H24N4O2. The van der Waals surface area contributed by atoms with Crippen molar-refractivity contribution in [1.82, 2.24) is 15.1 Å². The predicted octanol–water partition coefficient (Wildman–Crippen LogP) is 1.18. The zero-order valence-corrected chi connectivity index (χ0v) is 12.8. The van der Waals surface area contributed by atoms with Crippen molar-refractivity contribution in [3.8, 4) is 0 Å². The molecule has 6 heteroatoms. The van der Waals surface area contributed by atoms with Gasteiger partial charge in [-0.1, -0.05) is 0 Å². The third-order valence-electron chi connectivity index (χ3n) is 4.53. The van der Waals surface area contributed by atoms with Gasteiger partial charge in [-0.15, -0.1) is 0 Å². The van der Waals surface area contributed by atoms with E-state index in [2.05, 4.69) is 21.2 Å². The highest BCUT2D eigenvalue weighted by Gasteiger charge is 2.33. The molecule has 1 aromatic heterocycles. The van der Waals surface area contributed by atoms with Gasteiger partial charge in [0.2, 0.25) is 5.91 Å². The normalized spacial score (nSPS) is 27.0. The summed E-state index contributed by atoms with van der Waals surface area (Å²) in [5, 5.41) is 7.26. The standard InChI is InChI=1S/C15H24N4O2/c1-11-10-14(17-16-11)18-5-7-19(8-6-18)15(20)13-4-3-9-21-12(13)2/h10,12-13H,3-9H2,1-2H3,(H,16,17)/t12-,13-/m1/s1. The van der Waals surface area contributed by atoms with Crippen LogP contribution in [0.3, 0.4) is 0 Å². The van der Waals surface area contributed by atoms with Crippen molar-refractivity contribution < 1.29 is 9.53 Å². The van der Waals surface area contributed by atoms with Crippen molar-refractivity contribution in [2.45, 2.75) is 32.8 Å². The molecule has 1 amide bonds. The number of aromatic nitrogens is 2. The van der Waals surface area contributed by atoms with Crippen LogP contribution < -0.4 is 4.90 Å². The summed E-state index contributed by atoms with van der Waals surface area (Å²) in [4.78, 5) is 16.8. The third-order valence-corrected chi connectivity index (χ3v) is 4.53. The van der Waals surface area contributed by atoms with Crippen LogP contribution in [0.2, 0.25) is 0 Å². The van der Waals surface area contributed by atoms with Gasteiger partial charge in [-0.05, 0) is 26.7 Å². The van der Waals surface area contributed by atoms with Gasteiger partial charge in [-0.3, -0.25) is 9.89 Å². The lowest BCUT2D eigenvalue weighted by molar-refractivity contribution is -0.144. The number of hydrogen-bond acceptors (Lipinski definition) is 4. The maximum atomic E-state index is 12.6. The van der Waals surface area contributed by atoms with Crippen LogP contribution in [0.1, 0.15) is 25.5 Å². The molecule has 2 aliphatic heterocycles. The van der Waals surface area contributed by atoms with Gasteiger partial charge in [0.25, 0.3) is 0 Å². The Morgan fingerprint density at radius 3 is 2.76 bits per heavy atom. The van der Waals surface area contributed by atoms with E-state index in [1.807, 2.05) is 18.7 Å². The molecular weight excluding hydrogens is 268 g/mol. The molecule has 1 aromatic rings. The maximum Gasteiger partial charge on any atom is 0.228 e. The summed E-state index contributed by atoms with van der Waals surface area (Å²) >= 11 is 0. The van der Waals surface area contributed by atoms with E-state index in [1.165, 1.54) is 0 Å². The summed E-state index contributed by atoms with van der Waals surface area (Å²) in [6, 6.07) is 2.05. The molecule has 2 atom stereocenters. The molecule has 0 bridgehead atoms. The van der Waals surface area contributed by atoms with Crippen LogP contribution in [-0.2, 0) is 9.53 Å². The molecule has 0 saturated carbocycles. The van der Waals surface area contributed by atoms with Crippen molar-refractivity contribution in [2.75, 3.05) is 37.7 Å². The fourth-order valence-electron chi connectivity index (χ4n) is 3.20. The Balaban J connectivity index is 1.56. The third kappa shape index (κ3) is 3.05. The van der Waals surface area contributed by atoms with E-state index in [9.17, 15) is 4.79 Å². The molecule has 0 unspecified atom stereocenters. The number of rotatable bonds is 2. The summed E-state index contributed by atoms with van der Waals surface area (Å²) < 4.78 is 5.62. The molecule has 0 aromatic carbocycles. The number of amides is 1. The van der Waals surface area contributed by atoms with E-state index >= 15 is 0 Å². The minimum absolute atomic E-state index is 0.0397. The lowest BCUT2D eigenvalue weighted by atomic mass is 9.93. The van der Waals surface area contributed by atoms with Gasteiger partial charge in [0.1, 0.15) is 0 Å². The molecule has 3 rings (SSSR count). The second-order valence-corrected chi connectivity index (χ2v) is 6.05. The van der Waals surface area contributed by atoms with Gasteiger partial charge in [-0.2, -0.15) is 5.10 Å². The highest BCUT2D eigenvalue weighted by Crippen LogP contribution is 2.24. The van der Waals surface area contributed by atoms with Gasteiger partial charge in [-0.25, -0.2) is 0 Å². The fraction of sp³-hybridized carbons (Fsp3) is 0.733. The van der Waals surface area contributed by atoms with Gasteiger partial charge >= 0.3 is 0 Å². The largest absolute Gasteiger partial charge is 0.378 e.